The average molecular weight is 326 g/mol. The summed E-state index contributed by atoms with van der Waals surface area (Å²) in [5, 5.41) is 2.97. The van der Waals surface area contributed by atoms with E-state index in [-0.39, 0.29) is 5.91 Å². The van der Waals surface area contributed by atoms with Gasteiger partial charge in [-0.15, -0.1) is 0 Å². The summed E-state index contributed by atoms with van der Waals surface area (Å²) in [6.45, 7) is 3.83. The Morgan fingerprint density at radius 1 is 1.04 bits per heavy atom. The van der Waals surface area contributed by atoms with Gasteiger partial charge >= 0.3 is 0 Å². The number of carbonyl (C=O) groups excluding carboxylic acids is 1. The molecule has 0 aliphatic heterocycles. The third kappa shape index (κ3) is 6.05. The Labute approximate surface area is 144 Å². The molecule has 2 rings (SSSR count). The molecule has 0 radical (unpaired) electrons. The van der Waals surface area contributed by atoms with E-state index in [2.05, 4.69) is 22.3 Å². The molecular weight excluding hydrogens is 300 g/mol. The van der Waals surface area contributed by atoms with Crippen LogP contribution in [0, 0.1) is 6.92 Å². The predicted octanol–water partition coefficient (Wildman–Crippen LogP) is 3.14. The van der Waals surface area contributed by atoms with Gasteiger partial charge in [0.25, 0.3) is 0 Å². The van der Waals surface area contributed by atoms with Crippen LogP contribution in [-0.2, 0) is 17.9 Å². The highest BCUT2D eigenvalue weighted by Gasteiger charge is 2.06. The number of aryl methyl sites for hydroxylation is 1. The van der Waals surface area contributed by atoms with E-state index in [1.54, 1.807) is 0 Å². The molecule has 0 aromatic heterocycles. The molecule has 128 valence electrons. The van der Waals surface area contributed by atoms with Crippen LogP contribution in [0.25, 0.3) is 0 Å². The maximum atomic E-state index is 12.0. The van der Waals surface area contributed by atoms with Crippen molar-refractivity contribution in [3.05, 3.63) is 65.2 Å². The van der Waals surface area contributed by atoms with E-state index in [0.717, 1.165) is 17.9 Å². The summed E-state index contributed by atoms with van der Waals surface area (Å²) < 4.78 is 5.59. The first-order valence-corrected chi connectivity index (χ1v) is 8.22. The van der Waals surface area contributed by atoms with Gasteiger partial charge in [0, 0.05) is 13.1 Å². The number of ether oxygens (including phenoxy) is 1. The predicted molar refractivity (Wildman–Crippen MR) is 97.0 cm³/mol. The van der Waals surface area contributed by atoms with Crippen LogP contribution in [0.5, 0.6) is 5.75 Å². The number of carbonyl (C=O) groups is 1. The van der Waals surface area contributed by atoms with Gasteiger partial charge in [0.2, 0.25) is 5.91 Å². The molecule has 24 heavy (non-hydrogen) atoms. The summed E-state index contributed by atoms with van der Waals surface area (Å²) in [5.74, 6) is 0.798. The number of amides is 1. The smallest absolute Gasteiger partial charge is 0.223 e. The van der Waals surface area contributed by atoms with E-state index in [1.165, 1.54) is 11.1 Å². The summed E-state index contributed by atoms with van der Waals surface area (Å²) >= 11 is 0. The van der Waals surface area contributed by atoms with E-state index >= 15 is 0 Å². The maximum absolute atomic E-state index is 12.0. The molecule has 0 atom stereocenters. The van der Waals surface area contributed by atoms with Crippen LogP contribution >= 0.6 is 0 Å². The Bertz CT molecular complexity index is 651. The first-order valence-electron chi connectivity index (χ1n) is 8.22. The second kappa shape index (κ2) is 9.08. The fraction of sp³-hybridized carbons (Fsp3) is 0.350. The second-order valence-corrected chi connectivity index (χ2v) is 6.19. The zero-order chi connectivity index (χ0) is 17.4. The minimum Gasteiger partial charge on any atom is -0.493 e. The first kappa shape index (κ1) is 18.0. The fourth-order valence-electron chi connectivity index (χ4n) is 2.40. The highest BCUT2D eigenvalue weighted by atomic mass is 16.5. The molecule has 4 heteroatoms. The molecule has 0 heterocycles. The van der Waals surface area contributed by atoms with Crippen molar-refractivity contribution in [2.24, 2.45) is 0 Å². The quantitative estimate of drug-likeness (QED) is 0.810. The van der Waals surface area contributed by atoms with E-state index in [1.807, 2.05) is 57.4 Å². The highest BCUT2D eigenvalue weighted by Crippen LogP contribution is 2.12. The maximum Gasteiger partial charge on any atom is 0.223 e. The van der Waals surface area contributed by atoms with Gasteiger partial charge < -0.3 is 15.0 Å². The number of nitrogens with one attached hydrogen (secondary N) is 1. The molecule has 0 aliphatic carbocycles. The third-order valence-corrected chi connectivity index (χ3v) is 3.70. The molecular formula is C20H26N2O2. The number of hydrogen-bond acceptors (Lipinski definition) is 3. The molecule has 0 bridgehead atoms. The number of benzene rings is 2. The van der Waals surface area contributed by atoms with Crippen LogP contribution in [0.2, 0.25) is 0 Å². The normalized spacial score (nSPS) is 10.7. The number of nitrogens with zero attached hydrogens (tertiary/aromatic N) is 1. The van der Waals surface area contributed by atoms with Crippen molar-refractivity contribution >= 4 is 5.91 Å². The lowest BCUT2D eigenvalue weighted by Crippen LogP contribution is -2.25. The van der Waals surface area contributed by atoms with Crippen LogP contribution < -0.4 is 10.1 Å². The standard InChI is InChI=1S/C20H26N2O2/c1-16-8-10-19(11-9-16)24-13-12-20(23)21-14-17-6-4-5-7-18(17)15-22(2)3/h4-11H,12-15H2,1-3H3,(H,21,23). The fourth-order valence-corrected chi connectivity index (χ4v) is 2.40. The summed E-state index contributed by atoms with van der Waals surface area (Å²) in [7, 11) is 4.08. The molecule has 1 amide bonds. The lowest BCUT2D eigenvalue weighted by atomic mass is 10.1. The summed E-state index contributed by atoms with van der Waals surface area (Å²) in [5.41, 5.74) is 3.58. The van der Waals surface area contributed by atoms with Gasteiger partial charge in [-0.25, -0.2) is 0 Å². The van der Waals surface area contributed by atoms with Gasteiger partial charge in [-0.05, 0) is 44.3 Å². The lowest BCUT2D eigenvalue weighted by Gasteiger charge is -2.14. The van der Waals surface area contributed by atoms with Crippen molar-refractivity contribution in [1.29, 1.82) is 0 Å². The van der Waals surface area contributed by atoms with Gasteiger partial charge in [-0.1, -0.05) is 42.0 Å². The van der Waals surface area contributed by atoms with Crippen molar-refractivity contribution in [2.45, 2.75) is 26.4 Å². The molecule has 4 nitrogen and oxygen atoms in total. The number of hydrogen-bond donors (Lipinski definition) is 1. The van der Waals surface area contributed by atoms with Gasteiger partial charge in [0.05, 0.1) is 13.0 Å². The summed E-state index contributed by atoms with van der Waals surface area (Å²) in [6.07, 6.45) is 0.351. The molecule has 2 aromatic rings. The zero-order valence-corrected chi connectivity index (χ0v) is 14.7. The topological polar surface area (TPSA) is 41.6 Å². The Balaban J connectivity index is 1.76. The van der Waals surface area contributed by atoms with E-state index < -0.39 is 0 Å². The molecule has 0 spiro atoms. The van der Waals surface area contributed by atoms with Crippen molar-refractivity contribution in [3.8, 4) is 5.75 Å². The van der Waals surface area contributed by atoms with Crippen LogP contribution in [0.15, 0.2) is 48.5 Å². The van der Waals surface area contributed by atoms with Crippen molar-refractivity contribution in [2.75, 3.05) is 20.7 Å². The largest absolute Gasteiger partial charge is 0.493 e. The Hall–Kier alpha value is -2.33. The third-order valence-electron chi connectivity index (χ3n) is 3.70. The molecule has 0 fully saturated rings. The van der Waals surface area contributed by atoms with Crippen LogP contribution in [-0.4, -0.2) is 31.5 Å². The zero-order valence-electron chi connectivity index (χ0n) is 14.7. The molecule has 1 N–H and O–H groups in total. The van der Waals surface area contributed by atoms with E-state index in [0.29, 0.717) is 19.6 Å². The monoisotopic (exact) mass is 326 g/mol. The van der Waals surface area contributed by atoms with Crippen molar-refractivity contribution in [3.63, 3.8) is 0 Å². The van der Waals surface area contributed by atoms with Crippen LogP contribution in [0.1, 0.15) is 23.1 Å². The molecule has 0 aliphatic rings. The Morgan fingerprint density at radius 3 is 2.38 bits per heavy atom. The Kier molecular flexibility index (Phi) is 6.82. The highest BCUT2D eigenvalue weighted by molar-refractivity contribution is 5.76. The number of rotatable bonds is 8. The second-order valence-electron chi connectivity index (χ2n) is 6.19. The van der Waals surface area contributed by atoms with Gasteiger partial charge in [-0.3, -0.25) is 4.79 Å². The summed E-state index contributed by atoms with van der Waals surface area (Å²) in [6, 6.07) is 16.0. The molecule has 2 aromatic carbocycles. The summed E-state index contributed by atoms with van der Waals surface area (Å²) in [4.78, 5) is 14.1. The van der Waals surface area contributed by atoms with Gasteiger partial charge in [-0.2, -0.15) is 0 Å². The van der Waals surface area contributed by atoms with Crippen molar-refractivity contribution in [1.82, 2.24) is 10.2 Å². The van der Waals surface area contributed by atoms with E-state index in [9.17, 15) is 4.79 Å². The average Bonchev–Trinajstić information content (AvgIpc) is 2.55. The van der Waals surface area contributed by atoms with Crippen LogP contribution in [0.4, 0.5) is 0 Å². The van der Waals surface area contributed by atoms with Gasteiger partial charge in [0.15, 0.2) is 0 Å². The minimum atomic E-state index is 0.00164. The molecule has 0 unspecified atom stereocenters. The van der Waals surface area contributed by atoms with Gasteiger partial charge in [0.1, 0.15) is 5.75 Å². The minimum absolute atomic E-state index is 0.00164. The molecule has 0 saturated carbocycles. The Morgan fingerprint density at radius 2 is 1.71 bits per heavy atom. The SMILES string of the molecule is Cc1ccc(OCCC(=O)NCc2ccccc2CN(C)C)cc1. The van der Waals surface area contributed by atoms with E-state index in [4.69, 9.17) is 4.74 Å². The first-order chi connectivity index (χ1) is 11.5. The van der Waals surface area contributed by atoms with Crippen LogP contribution in [0.3, 0.4) is 0 Å². The molecule has 0 saturated heterocycles. The lowest BCUT2D eigenvalue weighted by molar-refractivity contribution is -0.121. The van der Waals surface area contributed by atoms with Crippen molar-refractivity contribution < 1.29 is 9.53 Å².